The predicted molar refractivity (Wildman–Crippen MR) is 272 cm³/mol. The molecule has 4 saturated carbocycles. The van der Waals surface area contributed by atoms with E-state index in [1.165, 1.54) is 32.1 Å². The van der Waals surface area contributed by atoms with Gasteiger partial charge in [0.1, 0.15) is 39.8 Å². The monoisotopic (exact) mass is 989 g/mol. The first-order valence-electron chi connectivity index (χ1n) is 25.4. The molecule has 3 aliphatic heterocycles. The lowest BCUT2D eigenvalue weighted by atomic mass is 9.43. The molecule has 4 heterocycles. The van der Waals surface area contributed by atoms with Crippen LogP contribution in [0.5, 0.6) is 17.2 Å². The first-order valence-corrected chi connectivity index (χ1v) is 25.4. The molecular weight excluding hydrogens is 922 g/mol. The number of carbonyl (C=O) groups is 4. The highest BCUT2D eigenvalue weighted by Gasteiger charge is 2.79. The van der Waals surface area contributed by atoms with E-state index in [1.54, 1.807) is 17.6 Å². The Morgan fingerprint density at radius 1 is 0.958 bits per heavy atom. The average Bonchev–Trinajstić information content (AvgIpc) is 4.19. The number of pyridine rings is 1. The molecule has 7 aliphatic rings. The fourth-order valence-electron chi connectivity index (χ4n) is 12.6. The van der Waals surface area contributed by atoms with Crippen molar-refractivity contribution < 1.29 is 52.7 Å². The number of esters is 1. The Hall–Kier alpha value is -6.06. The maximum Gasteiger partial charge on any atom is 0.341 e. The second kappa shape index (κ2) is 18.8. The number of hydrogen-bond acceptors (Lipinski definition) is 12. The standard InChI is InChI=1S/C57H68FN3O11/c1-30(2)12-11-19-55(8)20-18-36-49(71-55)35(16-13-31(3)4)51-44(50(36)69-9)48(63)45-46(38-26-40(32(5)6)57(45,72-51)56(68,52(38)64)21-17-33(7)54(67)70-10)60-24-22-59(23-25-60)43-28-42-37(27-41(43)58)47(62)39(53(65)66)29-61(42)34-14-15-34/h12-13,17-18,20,27-29,32,34,38,40,45-46,68H,11,14-16,19,21-26H2,1-10H3,(H,65,66)/b33-17-. The quantitative estimate of drug-likeness (QED) is 0.0892. The Balaban J connectivity index is 1.19. The number of methoxy groups -OCH3 is 2. The van der Waals surface area contributed by atoms with Gasteiger partial charge in [0.05, 0.1) is 36.9 Å². The Morgan fingerprint density at radius 3 is 2.26 bits per heavy atom. The van der Waals surface area contributed by atoms with Gasteiger partial charge in [-0.1, -0.05) is 43.2 Å². The third-order valence-corrected chi connectivity index (χ3v) is 16.4. The normalized spacial score (nSPS) is 27.7. The van der Waals surface area contributed by atoms with E-state index in [9.17, 15) is 24.6 Å². The molecule has 4 aliphatic carbocycles. The van der Waals surface area contributed by atoms with E-state index in [0.717, 1.165) is 30.9 Å². The van der Waals surface area contributed by atoms with E-state index < -0.39 is 75.1 Å². The van der Waals surface area contributed by atoms with Gasteiger partial charge in [0.2, 0.25) is 5.43 Å². The van der Waals surface area contributed by atoms with E-state index in [2.05, 4.69) is 24.8 Å². The molecule has 1 spiro atoms. The van der Waals surface area contributed by atoms with E-state index in [-0.39, 0.29) is 71.0 Å². The average molecular weight is 990 g/mol. The number of hydrogen-bond donors (Lipinski definition) is 2. The number of piperazine rings is 1. The van der Waals surface area contributed by atoms with Gasteiger partial charge in [0.15, 0.2) is 22.8 Å². The van der Waals surface area contributed by atoms with Gasteiger partial charge >= 0.3 is 11.9 Å². The number of aliphatic hydroxyl groups is 1. The summed E-state index contributed by atoms with van der Waals surface area (Å²) in [5.41, 5.74) is -1.52. The lowest BCUT2D eigenvalue weighted by Crippen LogP contribution is -2.85. The van der Waals surface area contributed by atoms with Crippen LogP contribution in [0.1, 0.15) is 132 Å². The van der Waals surface area contributed by atoms with Crippen molar-refractivity contribution in [1.29, 1.82) is 0 Å². The maximum absolute atomic E-state index is 16.4. The van der Waals surface area contributed by atoms with Crippen LogP contribution in [-0.4, -0.2) is 106 Å². The summed E-state index contributed by atoms with van der Waals surface area (Å²) in [6.07, 6.45) is 14.4. The number of carboxylic acid groups (broad SMARTS) is 1. The zero-order valence-corrected chi connectivity index (χ0v) is 43.1. The highest BCUT2D eigenvalue weighted by molar-refractivity contribution is 6.10. The molecule has 10 rings (SSSR count). The second-order valence-electron chi connectivity index (χ2n) is 21.9. The fourth-order valence-corrected chi connectivity index (χ4v) is 12.6. The van der Waals surface area contributed by atoms with Crippen molar-refractivity contribution in [3.8, 4) is 17.2 Å². The van der Waals surface area contributed by atoms with Crippen LogP contribution in [0.3, 0.4) is 0 Å². The molecule has 384 valence electrons. The minimum absolute atomic E-state index is 0.000109. The number of anilines is 1. The summed E-state index contributed by atoms with van der Waals surface area (Å²) in [6, 6.07) is 2.00. The zero-order valence-electron chi connectivity index (χ0n) is 43.1. The van der Waals surface area contributed by atoms with Crippen LogP contribution < -0.4 is 24.5 Å². The van der Waals surface area contributed by atoms with Crippen LogP contribution in [-0.2, 0) is 20.7 Å². The number of rotatable bonds is 14. The van der Waals surface area contributed by atoms with Gasteiger partial charge in [-0.25, -0.2) is 14.0 Å². The number of nitrogens with zero attached hydrogens (tertiary/aromatic N) is 3. The summed E-state index contributed by atoms with van der Waals surface area (Å²) in [4.78, 5) is 74.1. The van der Waals surface area contributed by atoms with Crippen molar-refractivity contribution in [2.75, 3.05) is 45.3 Å². The largest absolute Gasteiger partial charge is 0.495 e. The van der Waals surface area contributed by atoms with Gasteiger partial charge in [0, 0.05) is 79.2 Å². The molecule has 7 unspecified atom stereocenters. The molecule has 0 radical (unpaired) electrons. The molecule has 2 aromatic carbocycles. The summed E-state index contributed by atoms with van der Waals surface area (Å²) in [7, 11) is 2.78. The maximum atomic E-state index is 16.4. The van der Waals surface area contributed by atoms with Crippen molar-refractivity contribution in [3.63, 3.8) is 0 Å². The molecule has 5 fully saturated rings. The SMILES string of the molecule is COC(=O)/C(C)=C\CC1(O)C(=O)C2CC(C(C)C)C13Oc1c(CC=C(C)C)c4c(c(OC)c1C(=O)C3C2N1CCN(c2cc3c(cc2F)c(=O)c(C(=O)O)cn3C2CC2)CC1)C=CC(C)(CCC=C(C)C)O4. The van der Waals surface area contributed by atoms with Crippen molar-refractivity contribution in [2.24, 2.45) is 23.7 Å². The topological polar surface area (TPSA) is 174 Å². The first-order chi connectivity index (χ1) is 34.1. The van der Waals surface area contributed by atoms with Crippen molar-refractivity contribution >= 4 is 46.2 Å². The van der Waals surface area contributed by atoms with E-state index >= 15 is 14.0 Å². The number of halogens is 1. The number of allylic oxidation sites excluding steroid dienone is 4. The van der Waals surface area contributed by atoms with E-state index in [1.807, 2.05) is 57.7 Å². The molecule has 2 N–H and O–H groups in total. The predicted octanol–water partition coefficient (Wildman–Crippen LogP) is 8.84. The second-order valence-corrected chi connectivity index (χ2v) is 21.9. The van der Waals surface area contributed by atoms with E-state index in [4.69, 9.17) is 18.9 Å². The van der Waals surface area contributed by atoms with Crippen LogP contribution in [0.2, 0.25) is 0 Å². The minimum Gasteiger partial charge on any atom is -0.495 e. The Kier molecular flexibility index (Phi) is 13.3. The smallest absolute Gasteiger partial charge is 0.341 e. The lowest BCUT2D eigenvalue weighted by molar-refractivity contribution is -0.254. The van der Waals surface area contributed by atoms with Gasteiger partial charge in [-0.3, -0.25) is 19.3 Å². The molecule has 15 heteroatoms. The van der Waals surface area contributed by atoms with Crippen LogP contribution >= 0.6 is 0 Å². The molecule has 1 saturated heterocycles. The summed E-state index contributed by atoms with van der Waals surface area (Å²) in [5, 5.41) is 23.4. The summed E-state index contributed by atoms with van der Waals surface area (Å²) >= 11 is 0. The molecule has 3 aromatic rings. The van der Waals surface area contributed by atoms with Crippen LogP contribution in [0.15, 0.2) is 64.1 Å². The van der Waals surface area contributed by atoms with E-state index in [0.29, 0.717) is 54.7 Å². The third-order valence-electron chi connectivity index (χ3n) is 16.4. The summed E-state index contributed by atoms with van der Waals surface area (Å²) in [5.74, 6) is -5.16. The number of carboxylic acids is 1. The van der Waals surface area contributed by atoms with Crippen LogP contribution in [0.25, 0.3) is 17.0 Å². The number of carbonyl (C=O) groups excluding carboxylic acids is 3. The molecule has 1 aromatic heterocycles. The highest BCUT2D eigenvalue weighted by atomic mass is 19.1. The van der Waals surface area contributed by atoms with Crippen LogP contribution in [0.4, 0.5) is 10.1 Å². The number of ketones is 2. The molecule has 0 amide bonds. The molecule has 2 bridgehead atoms. The summed E-state index contributed by atoms with van der Waals surface area (Å²) in [6.45, 7) is 16.9. The molecular formula is C57H68FN3O11. The van der Waals surface area contributed by atoms with Gasteiger partial charge in [0.25, 0.3) is 0 Å². The lowest BCUT2D eigenvalue weighted by Gasteiger charge is -2.68. The number of Topliss-reactive ketones (excluding diaryl/α,β-unsaturated/α-hetero) is 2. The number of aromatic carboxylic acids is 1. The van der Waals surface area contributed by atoms with Crippen LogP contribution in [0, 0.1) is 29.5 Å². The van der Waals surface area contributed by atoms with Gasteiger partial charge < -0.3 is 38.6 Å². The third kappa shape index (κ3) is 8.18. The Bertz CT molecular complexity index is 2970. The van der Waals surface area contributed by atoms with Gasteiger partial charge in [-0.15, -0.1) is 0 Å². The van der Waals surface area contributed by atoms with Gasteiger partial charge in [-0.2, -0.15) is 0 Å². The fraction of sp³-hybridized carbons (Fsp3) is 0.526. The minimum atomic E-state index is -2.29. The Morgan fingerprint density at radius 2 is 1.65 bits per heavy atom. The number of benzene rings is 2. The van der Waals surface area contributed by atoms with Crippen molar-refractivity contribution in [3.05, 3.63) is 97.6 Å². The number of aromatic nitrogens is 1. The highest BCUT2D eigenvalue weighted by Crippen LogP contribution is 2.65. The summed E-state index contributed by atoms with van der Waals surface area (Å²) < 4.78 is 44.0. The van der Waals surface area contributed by atoms with Crippen molar-refractivity contribution in [1.82, 2.24) is 9.47 Å². The molecule has 7 atom stereocenters. The first kappa shape index (κ1) is 50.9. The Labute approximate surface area is 420 Å². The molecule has 14 nitrogen and oxygen atoms in total. The van der Waals surface area contributed by atoms with Gasteiger partial charge in [-0.05, 0) is 110 Å². The number of ether oxygens (including phenoxy) is 4. The van der Waals surface area contributed by atoms with Crippen molar-refractivity contribution in [2.45, 2.75) is 129 Å². The number of fused-ring (bicyclic) bond motifs is 5. The molecule has 72 heavy (non-hydrogen) atoms. The zero-order chi connectivity index (χ0) is 51.9.